The fourth-order valence-corrected chi connectivity index (χ4v) is 6.62. The molecule has 3 aromatic rings. The molecule has 6 rings (SSSR count). The predicted molar refractivity (Wildman–Crippen MR) is 144 cm³/mol. The highest BCUT2D eigenvalue weighted by molar-refractivity contribution is 6.14. The molecule has 3 aliphatic heterocycles. The van der Waals surface area contributed by atoms with E-state index in [1.54, 1.807) is 0 Å². The topological polar surface area (TPSA) is 98.9 Å². The highest BCUT2D eigenvalue weighted by Crippen LogP contribution is 2.56. The molecule has 0 N–H and O–H groups in total. The van der Waals surface area contributed by atoms with Crippen molar-refractivity contribution in [2.45, 2.75) is 63.3 Å². The minimum atomic E-state index is -0.949. The van der Waals surface area contributed by atoms with Gasteiger partial charge in [0.2, 0.25) is 0 Å². The van der Waals surface area contributed by atoms with Crippen LogP contribution in [0.4, 0.5) is 0 Å². The quantitative estimate of drug-likeness (QED) is 0.348. The Morgan fingerprint density at radius 2 is 1.62 bits per heavy atom. The Balaban J connectivity index is 1.27. The van der Waals surface area contributed by atoms with Gasteiger partial charge in [-0.2, -0.15) is 10.5 Å². The summed E-state index contributed by atoms with van der Waals surface area (Å²) in [6, 6.07) is 26.3. The number of likely N-dealkylation sites (tertiary alicyclic amines) is 1. The molecule has 0 aromatic heterocycles. The van der Waals surface area contributed by atoms with Crippen molar-refractivity contribution in [3.63, 3.8) is 0 Å². The smallest absolute Gasteiger partial charge is 0.200 e. The molecule has 3 aromatic carbocycles. The molecule has 7 heteroatoms. The molecule has 3 aliphatic rings. The van der Waals surface area contributed by atoms with Gasteiger partial charge in [0.25, 0.3) is 0 Å². The van der Waals surface area contributed by atoms with E-state index in [2.05, 4.69) is 17.0 Å². The number of epoxide rings is 1. The van der Waals surface area contributed by atoms with Crippen molar-refractivity contribution in [3.8, 4) is 17.9 Å². The van der Waals surface area contributed by atoms with Gasteiger partial charge in [0.15, 0.2) is 18.3 Å². The number of carbonyl (C=O) groups is 1. The van der Waals surface area contributed by atoms with E-state index in [9.17, 15) is 15.3 Å². The number of rotatable bonds is 8. The number of nitriles is 2. The van der Waals surface area contributed by atoms with Gasteiger partial charge in [0.1, 0.15) is 11.4 Å². The lowest BCUT2D eigenvalue weighted by atomic mass is 9.57. The fraction of sp³-hybridized carbons (Fsp3) is 0.406. The molecule has 0 amide bonds. The van der Waals surface area contributed by atoms with E-state index in [-0.39, 0.29) is 31.1 Å². The summed E-state index contributed by atoms with van der Waals surface area (Å²) < 4.78 is 18.7. The Labute approximate surface area is 228 Å². The lowest BCUT2D eigenvalue weighted by Gasteiger charge is -2.55. The zero-order valence-corrected chi connectivity index (χ0v) is 21.8. The largest absolute Gasteiger partial charge is 0.485 e. The number of hydrogen-bond acceptors (Lipinski definition) is 7. The van der Waals surface area contributed by atoms with E-state index < -0.39 is 11.0 Å². The van der Waals surface area contributed by atoms with Gasteiger partial charge in [-0.15, -0.1) is 0 Å². The lowest BCUT2D eigenvalue weighted by Crippen LogP contribution is -2.64. The van der Waals surface area contributed by atoms with Crippen LogP contribution in [0.1, 0.15) is 54.4 Å². The number of ether oxygens (including phenoxy) is 3. The standard InChI is InChI=1S/C32H31N3O4/c33-18-6-14-31(15-7-19-34)28(36)27-25-11-5-4-10-24(25)12-13-26(27)39-32(31)16-20-35(21-17-32)29-30(38-29)37-22-23-8-2-1-3-9-23/h1-5,8-13,29-30H,6-7,14-17,20-22H2. The van der Waals surface area contributed by atoms with Gasteiger partial charge in [0.05, 0.1) is 29.7 Å². The Morgan fingerprint density at radius 3 is 2.33 bits per heavy atom. The summed E-state index contributed by atoms with van der Waals surface area (Å²) in [5, 5.41) is 20.9. The van der Waals surface area contributed by atoms with E-state index in [0.29, 0.717) is 56.7 Å². The Bertz CT molecular complexity index is 1430. The molecule has 0 bridgehead atoms. The second-order valence-electron chi connectivity index (χ2n) is 10.7. The second kappa shape index (κ2) is 10.4. The monoisotopic (exact) mass is 521 g/mol. The van der Waals surface area contributed by atoms with Gasteiger partial charge in [0, 0.05) is 38.8 Å². The number of piperidine rings is 1. The van der Waals surface area contributed by atoms with Gasteiger partial charge in [-0.05, 0) is 35.2 Å². The van der Waals surface area contributed by atoms with Crippen LogP contribution >= 0.6 is 0 Å². The average Bonchev–Trinajstić information content (AvgIpc) is 3.76. The van der Waals surface area contributed by atoms with Crippen LogP contribution < -0.4 is 4.74 Å². The summed E-state index contributed by atoms with van der Waals surface area (Å²) in [6.07, 6.45) is 2.02. The van der Waals surface area contributed by atoms with Crippen molar-refractivity contribution in [3.05, 3.63) is 77.9 Å². The third kappa shape index (κ3) is 4.47. The fourth-order valence-electron chi connectivity index (χ4n) is 6.62. The number of Topliss-reactive ketones (excluding diaryl/α,β-unsaturated/α-hetero) is 1. The van der Waals surface area contributed by atoms with E-state index in [1.807, 2.05) is 66.7 Å². The van der Waals surface area contributed by atoms with Crippen LogP contribution in [-0.2, 0) is 16.1 Å². The number of benzene rings is 3. The zero-order valence-electron chi connectivity index (χ0n) is 21.8. The molecule has 1 spiro atoms. The molecule has 2 fully saturated rings. The highest BCUT2D eigenvalue weighted by Gasteiger charge is 2.62. The van der Waals surface area contributed by atoms with Crippen molar-refractivity contribution in [2.24, 2.45) is 5.41 Å². The average molecular weight is 522 g/mol. The SMILES string of the molecule is N#CCCC1(CCC#N)C(=O)c2c(ccc3ccccc23)OC12CCN(C1OC1OCc1ccccc1)CC2. The second-order valence-corrected chi connectivity index (χ2v) is 10.7. The Kier molecular flexibility index (Phi) is 6.83. The molecule has 0 aliphatic carbocycles. The van der Waals surface area contributed by atoms with Crippen LogP contribution in [0.5, 0.6) is 5.75 Å². The maximum atomic E-state index is 14.6. The predicted octanol–water partition coefficient (Wildman–Crippen LogP) is 5.74. The summed E-state index contributed by atoms with van der Waals surface area (Å²) in [6.45, 7) is 1.84. The molecule has 39 heavy (non-hydrogen) atoms. The molecule has 2 unspecified atom stereocenters. The summed E-state index contributed by atoms with van der Waals surface area (Å²) in [5.41, 5.74) is -0.0599. The zero-order chi connectivity index (χ0) is 26.9. The van der Waals surface area contributed by atoms with Crippen molar-refractivity contribution < 1.29 is 19.0 Å². The first-order valence-corrected chi connectivity index (χ1v) is 13.7. The Morgan fingerprint density at radius 1 is 0.923 bits per heavy atom. The first kappa shape index (κ1) is 25.5. The van der Waals surface area contributed by atoms with Crippen LogP contribution in [0.25, 0.3) is 10.8 Å². The number of hydrogen-bond donors (Lipinski definition) is 0. The number of carbonyl (C=O) groups excluding carboxylic acids is 1. The lowest BCUT2D eigenvalue weighted by molar-refractivity contribution is -0.101. The molecule has 7 nitrogen and oxygen atoms in total. The molecule has 0 saturated carbocycles. The summed E-state index contributed by atoms with van der Waals surface area (Å²) >= 11 is 0. The molecule has 2 atom stereocenters. The van der Waals surface area contributed by atoms with Gasteiger partial charge < -0.3 is 14.2 Å². The molecular formula is C32H31N3O4. The Hall–Kier alpha value is -3.75. The number of ketones is 1. The van der Waals surface area contributed by atoms with E-state index in [0.717, 1.165) is 16.3 Å². The normalized spacial score (nSPS) is 23.0. The molecule has 198 valence electrons. The summed E-state index contributed by atoms with van der Waals surface area (Å²) in [7, 11) is 0. The van der Waals surface area contributed by atoms with Crippen molar-refractivity contribution in [1.29, 1.82) is 10.5 Å². The van der Waals surface area contributed by atoms with Crippen molar-refractivity contribution in [2.75, 3.05) is 13.1 Å². The van der Waals surface area contributed by atoms with Crippen LogP contribution in [0, 0.1) is 28.1 Å². The van der Waals surface area contributed by atoms with E-state index >= 15 is 0 Å². The van der Waals surface area contributed by atoms with Gasteiger partial charge in [-0.25, -0.2) is 0 Å². The first-order valence-electron chi connectivity index (χ1n) is 13.7. The maximum absolute atomic E-state index is 14.6. The van der Waals surface area contributed by atoms with Crippen LogP contribution in [0.15, 0.2) is 66.7 Å². The minimum Gasteiger partial charge on any atom is -0.485 e. The summed E-state index contributed by atoms with van der Waals surface area (Å²) in [5.74, 6) is 0.606. The molecule has 0 radical (unpaired) electrons. The number of nitrogens with zero attached hydrogens (tertiary/aromatic N) is 3. The summed E-state index contributed by atoms with van der Waals surface area (Å²) in [4.78, 5) is 16.8. The first-order chi connectivity index (χ1) is 19.1. The van der Waals surface area contributed by atoms with Gasteiger partial charge >= 0.3 is 0 Å². The highest BCUT2D eigenvalue weighted by atomic mass is 16.8. The molecular weight excluding hydrogens is 490 g/mol. The van der Waals surface area contributed by atoms with Crippen LogP contribution in [-0.4, -0.2) is 41.9 Å². The van der Waals surface area contributed by atoms with Crippen molar-refractivity contribution >= 4 is 16.6 Å². The molecule has 2 saturated heterocycles. The van der Waals surface area contributed by atoms with Crippen LogP contribution in [0.2, 0.25) is 0 Å². The van der Waals surface area contributed by atoms with E-state index in [1.165, 1.54) is 0 Å². The van der Waals surface area contributed by atoms with Crippen LogP contribution in [0.3, 0.4) is 0 Å². The van der Waals surface area contributed by atoms with E-state index in [4.69, 9.17) is 14.2 Å². The molecule has 3 heterocycles. The third-order valence-electron chi connectivity index (χ3n) is 8.71. The minimum absolute atomic E-state index is 0.00578. The van der Waals surface area contributed by atoms with Gasteiger partial charge in [-0.3, -0.25) is 9.69 Å². The number of fused-ring (bicyclic) bond motifs is 3. The maximum Gasteiger partial charge on any atom is 0.200 e. The van der Waals surface area contributed by atoms with Crippen molar-refractivity contribution in [1.82, 2.24) is 4.90 Å². The van der Waals surface area contributed by atoms with Gasteiger partial charge in [-0.1, -0.05) is 60.7 Å². The third-order valence-corrected chi connectivity index (χ3v) is 8.71.